The van der Waals surface area contributed by atoms with Crippen LogP contribution in [0.1, 0.15) is 0 Å². The highest BCUT2D eigenvalue weighted by Gasteiger charge is 1.86. The summed E-state index contributed by atoms with van der Waals surface area (Å²) in [6, 6.07) is 0. The Balaban J connectivity index is 2.96. The van der Waals surface area contributed by atoms with Gasteiger partial charge in [-0.2, -0.15) is 0 Å². The molecule has 1 aromatic rings. The van der Waals surface area contributed by atoms with Crippen molar-refractivity contribution in [1.29, 1.82) is 0 Å². The average Bonchev–Trinajstić information content (AvgIpc) is 2.14. The number of rotatable bonds is 1. The highest BCUT2D eigenvalue weighted by atomic mass is 32.1. The Morgan fingerprint density at radius 1 is 1.86 bits per heavy atom. The van der Waals surface area contributed by atoms with Gasteiger partial charge in [0.25, 0.3) is 0 Å². The van der Waals surface area contributed by atoms with Gasteiger partial charge in [-0.15, -0.1) is 11.3 Å². The molecular formula is C3H2NOPS. The van der Waals surface area contributed by atoms with Crippen LogP contribution in [-0.4, -0.2) is 4.98 Å². The number of thiazole rings is 1. The molecule has 0 spiro atoms. The largest absolute Gasteiger partial charge is 0.267 e. The normalized spacial score (nSPS) is 9.71. The second-order valence-corrected chi connectivity index (χ2v) is 2.71. The molecule has 0 N–H and O–H groups in total. The van der Waals surface area contributed by atoms with E-state index in [0.29, 0.717) is 4.75 Å². The Kier molecular flexibility index (Phi) is 1.50. The molecule has 1 heterocycles. The van der Waals surface area contributed by atoms with Crippen molar-refractivity contribution in [3.8, 4) is 0 Å². The number of aromatic nitrogens is 1. The van der Waals surface area contributed by atoms with Gasteiger partial charge in [0, 0.05) is 11.6 Å². The zero-order valence-corrected chi connectivity index (χ0v) is 5.08. The smallest absolute Gasteiger partial charge is 0.224 e. The molecule has 0 radical (unpaired) electrons. The van der Waals surface area contributed by atoms with Gasteiger partial charge in [0.1, 0.15) is 0 Å². The summed E-state index contributed by atoms with van der Waals surface area (Å²) in [5.41, 5.74) is 0. The maximum absolute atomic E-state index is 9.91. The van der Waals surface area contributed by atoms with Crippen LogP contribution in [-0.2, 0) is 4.57 Å². The molecule has 0 bridgehead atoms. The van der Waals surface area contributed by atoms with Crippen molar-refractivity contribution < 1.29 is 4.57 Å². The third kappa shape index (κ3) is 1.05. The Hall–Kier alpha value is -0.270. The van der Waals surface area contributed by atoms with Crippen LogP contribution in [0, 0.1) is 0 Å². The van der Waals surface area contributed by atoms with Crippen LogP contribution in [0.5, 0.6) is 0 Å². The van der Waals surface area contributed by atoms with Gasteiger partial charge in [0.15, 0.2) is 4.75 Å². The summed E-state index contributed by atoms with van der Waals surface area (Å²) in [6.45, 7) is 0. The number of hydrogen-bond donors (Lipinski definition) is 0. The fraction of sp³-hybridized carbons (Fsp3) is 0. The zero-order chi connectivity index (χ0) is 5.11. The summed E-state index contributed by atoms with van der Waals surface area (Å²) >= 11 is 1.39. The lowest BCUT2D eigenvalue weighted by Gasteiger charge is -1.62. The molecule has 0 saturated heterocycles. The SMILES string of the molecule is O=Pc1nccs1. The van der Waals surface area contributed by atoms with Crippen LogP contribution in [0.4, 0.5) is 0 Å². The van der Waals surface area contributed by atoms with Crippen molar-refractivity contribution in [2.75, 3.05) is 0 Å². The van der Waals surface area contributed by atoms with Crippen LogP contribution in [0.2, 0.25) is 0 Å². The van der Waals surface area contributed by atoms with E-state index in [0.717, 1.165) is 0 Å². The van der Waals surface area contributed by atoms with Crippen molar-refractivity contribution >= 4 is 24.5 Å². The summed E-state index contributed by atoms with van der Waals surface area (Å²) in [5, 5.41) is 1.79. The molecule has 4 heteroatoms. The fourth-order valence-electron chi connectivity index (χ4n) is 0.261. The van der Waals surface area contributed by atoms with E-state index in [1.54, 1.807) is 11.6 Å². The molecule has 0 aliphatic heterocycles. The highest BCUT2D eigenvalue weighted by Crippen LogP contribution is 1.97. The molecule has 0 atom stereocenters. The van der Waals surface area contributed by atoms with Crippen LogP contribution < -0.4 is 4.75 Å². The average molecular weight is 131 g/mol. The molecule has 1 aromatic heterocycles. The van der Waals surface area contributed by atoms with Crippen LogP contribution in [0.3, 0.4) is 0 Å². The summed E-state index contributed by atoms with van der Waals surface area (Å²) in [6.07, 6.45) is 1.63. The van der Waals surface area contributed by atoms with Crippen molar-refractivity contribution in [1.82, 2.24) is 4.98 Å². The second kappa shape index (κ2) is 2.15. The molecule has 36 valence electrons. The predicted octanol–water partition coefficient (Wildman–Crippen LogP) is 1.06. The van der Waals surface area contributed by atoms with E-state index in [1.165, 1.54) is 11.3 Å². The lowest BCUT2D eigenvalue weighted by molar-refractivity contribution is 0.603. The first-order valence-corrected chi connectivity index (χ1v) is 3.35. The van der Waals surface area contributed by atoms with Gasteiger partial charge >= 0.3 is 0 Å². The summed E-state index contributed by atoms with van der Waals surface area (Å²) in [5.74, 6) is 0. The zero-order valence-electron chi connectivity index (χ0n) is 3.37. The van der Waals surface area contributed by atoms with Gasteiger partial charge in [0.05, 0.1) is 0 Å². The third-order valence-corrected chi connectivity index (χ3v) is 1.88. The van der Waals surface area contributed by atoms with Gasteiger partial charge in [-0.1, -0.05) is 0 Å². The first kappa shape index (κ1) is 4.88. The van der Waals surface area contributed by atoms with E-state index in [-0.39, 0.29) is 8.46 Å². The number of hydrogen-bond acceptors (Lipinski definition) is 3. The molecular weight excluding hydrogens is 129 g/mol. The van der Waals surface area contributed by atoms with E-state index in [2.05, 4.69) is 4.98 Å². The molecule has 0 amide bonds. The fourth-order valence-corrected chi connectivity index (χ4v) is 1.09. The quantitative estimate of drug-likeness (QED) is 0.533. The maximum atomic E-state index is 9.91. The van der Waals surface area contributed by atoms with E-state index in [1.807, 2.05) is 0 Å². The first-order chi connectivity index (χ1) is 3.43. The minimum absolute atomic E-state index is 0.0224. The van der Waals surface area contributed by atoms with E-state index in [9.17, 15) is 4.57 Å². The van der Waals surface area contributed by atoms with Gasteiger partial charge in [-0.3, -0.25) is 4.57 Å². The number of nitrogens with zero attached hydrogens (tertiary/aromatic N) is 1. The maximum Gasteiger partial charge on any atom is 0.224 e. The van der Waals surface area contributed by atoms with Crippen molar-refractivity contribution in [3.05, 3.63) is 11.6 Å². The summed E-state index contributed by atoms with van der Waals surface area (Å²) in [4.78, 5) is 3.73. The Morgan fingerprint density at radius 2 is 2.71 bits per heavy atom. The molecule has 0 aromatic carbocycles. The Bertz CT molecular complexity index is 150. The van der Waals surface area contributed by atoms with Gasteiger partial charge in [-0.05, 0) is 0 Å². The van der Waals surface area contributed by atoms with E-state index >= 15 is 0 Å². The Labute approximate surface area is 46.4 Å². The van der Waals surface area contributed by atoms with Crippen LogP contribution in [0.25, 0.3) is 0 Å². The second-order valence-electron chi connectivity index (χ2n) is 0.906. The van der Waals surface area contributed by atoms with Crippen LogP contribution in [0.15, 0.2) is 11.6 Å². The molecule has 0 saturated carbocycles. The molecule has 0 fully saturated rings. The molecule has 0 aliphatic rings. The van der Waals surface area contributed by atoms with Crippen molar-refractivity contribution in [2.24, 2.45) is 0 Å². The Morgan fingerprint density at radius 3 is 3.00 bits per heavy atom. The van der Waals surface area contributed by atoms with Crippen molar-refractivity contribution in [3.63, 3.8) is 0 Å². The molecule has 7 heavy (non-hydrogen) atoms. The van der Waals surface area contributed by atoms with Gasteiger partial charge < -0.3 is 0 Å². The molecule has 0 unspecified atom stereocenters. The first-order valence-electron chi connectivity index (χ1n) is 1.66. The molecule has 1 rings (SSSR count). The van der Waals surface area contributed by atoms with E-state index < -0.39 is 0 Å². The van der Waals surface area contributed by atoms with Gasteiger partial charge in [0.2, 0.25) is 8.46 Å². The molecule has 2 nitrogen and oxygen atoms in total. The summed E-state index contributed by atoms with van der Waals surface area (Å²) in [7, 11) is 0.0224. The topological polar surface area (TPSA) is 30.0 Å². The molecule has 0 aliphatic carbocycles. The lowest BCUT2D eigenvalue weighted by atomic mass is 11.0. The lowest BCUT2D eigenvalue weighted by Crippen LogP contribution is -1.82. The minimum Gasteiger partial charge on any atom is -0.267 e. The minimum atomic E-state index is 0.0224. The monoisotopic (exact) mass is 131 g/mol. The third-order valence-electron chi connectivity index (χ3n) is 0.497. The highest BCUT2D eigenvalue weighted by molar-refractivity contribution is 7.46. The van der Waals surface area contributed by atoms with Crippen LogP contribution >= 0.6 is 19.8 Å². The van der Waals surface area contributed by atoms with Gasteiger partial charge in [-0.25, -0.2) is 4.98 Å². The van der Waals surface area contributed by atoms with E-state index in [4.69, 9.17) is 0 Å². The standard InChI is InChI=1S/C3H2NOPS/c5-6-3-4-1-2-7-3/h1-2H. The van der Waals surface area contributed by atoms with Crippen molar-refractivity contribution in [2.45, 2.75) is 0 Å². The predicted molar refractivity (Wildman–Crippen MR) is 29.4 cm³/mol. The summed E-state index contributed by atoms with van der Waals surface area (Å²) < 4.78 is 10.6.